The third-order valence-corrected chi connectivity index (χ3v) is 5.24. The third kappa shape index (κ3) is 3.74. The van der Waals surface area contributed by atoms with Gasteiger partial charge in [-0.25, -0.2) is 12.8 Å². The summed E-state index contributed by atoms with van der Waals surface area (Å²) >= 11 is 12.0. The van der Waals surface area contributed by atoms with Gasteiger partial charge in [0.2, 0.25) is 0 Å². The Bertz CT molecular complexity index is 820. The SMILES string of the molecule is O=C(O)CN(c1c(Cl)cccc1Cl)S(=O)(=O)c1ccc(F)cc1. The van der Waals surface area contributed by atoms with E-state index in [1.54, 1.807) is 0 Å². The maximum absolute atomic E-state index is 13.0. The molecule has 0 atom stereocenters. The number of para-hydroxylation sites is 1. The molecule has 0 saturated carbocycles. The fraction of sp³-hybridized carbons (Fsp3) is 0.0714. The molecule has 2 aromatic carbocycles. The van der Waals surface area contributed by atoms with Crippen molar-refractivity contribution >= 4 is 44.9 Å². The van der Waals surface area contributed by atoms with Crippen LogP contribution < -0.4 is 4.31 Å². The Kier molecular flexibility index (Phi) is 5.13. The minimum atomic E-state index is -4.29. The van der Waals surface area contributed by atoms with E-state index in [1.165, 1.54) is 18.2 Å². The van der Waals surface area contributed by atoms with Crippen LogP contribution in [0.15, 0.2) is 47.4 Å². The molecule has 0 aliphatic heterocycles. The monoisotopic (exact) mass is 377 g/mol. The van der Waals surface area contributed by atoms with E-state index in [0.29, 0.717) is 4.31 Å². The number of anilines is 1. The van der Waals surface area contributed by atoms with Crippen molar-refractivity contribution < 1.29 is 22.7 Å². The summed E-state index contributed by atoms with van der Waals surface area (Å²) in [6, 6.07) is 8.25. The maximum atomic E-state index is 13.0. The summed E-state index contributed by atoms with van der Waals surface area (Å²) in [4.78, 5) is 10.8. The predicted molar refractivity (Wildman–Crippen MR) is 85.0 cm³/mol. The Morgan fingerprint density at radius 3 is 2.09 bits per heavy atom. The first-order valence-electron chi connectivity index (χ1n) is 6.17. The van der Waals surface area contributed by atoms with Gasteiger partial charge in [0.1, 0.15) is 12.4 Å². The van der Waals surface area contributed by atoms with Gasteiger partial charge in [-0.2, -0.15) is 0 Å². The minimum Gasteiger partial charge on any atom is -0.480 e. The summed E-state index contributed by atoms with van der Waals surface area (Å²) < 4.78 is 39.0. The van der Waals surface area contributed by atoms with Crippen molar-refractivity contribution in [1.29, 1.82) is 0 Å². The van der Waals surface area contributed by atoms with Crippen LogP contribution in [0.25, 0.3) is 0 Å². The number of carboxylic acid groups (broad SMARTS) is 1. The van der Waals surface area contributed by atoms with Crippen LogP contribution in [0, 0.1) is 5.82 Å². The Labute approximate surface area is 141 Å². The van der Waals surface area contributed by atoms with E-state index in [4.69, 9.17) is 28.3 Å². The molecule has 2 rings (SSSR count). The average Bonchev–Trinajstić information content (AvgIpc) is 2.46. The molecule has 0 aliphatic rings. The molecular formula is C14H10Cl2FNO4S. The summed E-state index contributed by atoms with van der Waals surface area (Å²) in [6.45, 7) is -0.886. The minimum absolute atomic E-state index is 0.0237. The van der Waals surface area contributed by atoms with E-state index in [-0.39, 0.29) is 20.6 Å². The Morgan fingerprint density at radius 1 is 1.09 bits per heavy atom. The average molecular weight is 378 g/mol. The molecule has 0 aromatic heterocycles. The van der Waals surface area contributed by atoms with E-state index in [2.05, 4.69) is 0 Å². The topological polar surface area (TPSA) is 74.7 Å². The number of sulfonamides is 1. The molecule has 23 heavy (non-hydrogen) atoms. The van der Waals surface area contributed by atoms with Crippen molar-refractivity contribution in [2.75, 3.05) is 10.8 Å². The second-order valence-corrected chi connectivity index (χ2v) is 7.11. The highest BCUT2D eigenvalue weighted by atomic mass is 35.5. The van der Waals surface area contributed by atoms with Gasteiger partial charge in [0, 0.05) is 0 Å². The Morgan fingerprint density at radius 2 is 1.61 bits per heavy atom. The summed E-state index contributed by atoms with van der Waals surface area (Å²) in [5.41, 5.74) is -0.150. The molecule has 0 spiro atoms. The molecule has 1 N–H and O–H groups in total. The quantitative estimate of drug-likeness (QED) is 0.865. The molecule has 2 aromatic rings. The zero-order chi connectivity index (χ0) is 17.2. The fourth-order valence-corrected chi connectivity index (χ4v) is 4.02. The normalized spacial score (nSPS) is 11.3. The lowest BCUT2D eigenvalue weighted by molar-refractivity contribution is -0.135. The predicted octanol–water partition coefficient (Wildman–Crippen LogP) is 3.41. The standard InChI is InChI=1S/C14H10Cl2FNO4S/c15-11-2-1-3-12(16)14(11)18(8-13(19)20)23(21,22)10-6-4-9(17)5-7-10/h1-7H,8H2,(H,19,20). The molecule has 5 nitrogen and oxygen atoms in total. The molecule has 0 fully saturated rings. The Hall–Kier alpha value is -1.83. The van der Waals surface area contributed by atoms with Crippen LogP contribution in [-0.2, 0) is 14.8 Å². The highest BCUT2D eigenvalue weighted by molar-refractivity contribution is 7.92. The maximum Gasteiger partial charge on any atom is 0.324 e. The van der Waals surface area contributed by atoms with Crippen molar-refractivity contribution in [3.05, 3.63) is 58.3 Å². The van der Waals surface area contributed by atoms with Gasteiger partial charge in [0.15, 0.2) is 0 Å². The number of aliphatic carboxylic acids is 1. The van der Waals surface area contributed by atoms with Gasteiger partial charge >= 0.3 is 5.97 Å². The summed E-state index contributed by atoms with van der Waals surface area (Å²) in [7, 11) is -4.29. The fourth-order valence-electron chi connectivity index (χ4n) is 1.87. The van der Waals surface area contributed by atoms with Gasteiger partial charge in [-0.15, -0.1) is 0 Å². The molecule has 0 unspecified atom stereocenters. The van der Waals surface area contributed by atoms with Crippen molar-refractivity contribution in [3.63, 3.8) is 0 Å². The highest BCUT2D eigenvalue weighted by Gasteiger charge is 2.30. The van der Waals surface area contributed by atoms with Gasteiger partial charge in [-0.1, -0.05) is 29.3 Å². The number of benzene rings is 2. The van der Waals surface area contributed by atoms with E-state index in [0.717, 1.165) is 24.3 Å². The van der Waals surface area contributed by atoms with Crippen LogP contribution in [0.2, 0.25) is 10.0 Å². The summed E-state index contributed by atoms with van der Waals surface area (Å²) in [6.07, 6.45) is 0. The van der Waals surface area contributed by atoms with Gasteiger partial charge in [0.25, 0.3) is 10.0 Å². The van der Waals surface area contributed by atoms with Crippen LogP contribution in [0.3, 0.4) is 0 Å². The molecule has 9 heteroatoms. The Balaban J connectivity index is 2.63. The molecule has 0 aliphatic carbocycles. The molecular weight excluding hydrogens is 368 g/mol. The molecule has 0 heterocycles. The number of carbonyl (C=O) groups is 1. The van der Waals surface area contributed by atoms with E-state index < -0.39 is 28.4 Å². The zero-order valence-electron chi connectivity index (χ0n) is 11.4. The summed E-state index contributed by atoms with van der Waals surface area (Å²) in [5, 5.41) is 8.98. The van der Waals surface area contributed by atoms with Crippen molar-refractivity contribution in [3.8, 4) is 0 Å². The number of hydrogen-bond donors (Lipinski definition) is 1. The van der Waals surface area contributed by atoms with E-state index >= 15 is 0 Å². The molecule has 0 radical (unpaired) electrons. The lowest BCUT2D eigenvalue weighted by Gasteiger charge is -2.24. The number of nitrogens with zero attached hydrogens (tertiary/aromatic N) is 1. The van der Waals surface area contributed by atoms with Crippen molar-refractivity contribution in [1.82, 2.24) is 0 Å². The van der Waals surface area contributed by atoms with Crippen molar-refractivity contribution in [2.24, 2.45) is 0 Å². The van der Waals surface area contributed by atoms with E-state index in [1.807, 2.05) is 0 Å². The molecule has 0 bridgehead atoms. The number of carboxylic acids is 1. The second-order valence-electron chi connectivity index (χ2n) is 4.43. The van der Waals surface area contributed by atoms with Crippen molar-refractivity contribution in [2.45, 2.75) is 4.90 Å². The van der Waals surface area contributed by atoms with E-state index in [9.17, 15) is 17.6 Å². The van der Waals surface area contributed by atoms with Gasteiger partial charge in [0.05, 0.1) is 20.6 Å². The second kappa shape index (κ2) is 6.74. The highest BCUT2D eigenvalue weighted by Crippen LogP contribution is 2.36. The third-order valence-electron chi connectivity index (χ3n) is 2.87. The number of rotatable bonds is 5. The summed E-state index contributed by atoms with van der Waals surface area (Å²) in [5.74, 6) is -2.02. The number of hydrogen-bond acceptors (Lipinski definition) is 3. The first kappa shape index (κ1) is 17.5. The van der Waals surface area contributed by atoms with Crippen LogP contribution in [0.5, 0.6) is 0 Å². The van der Waals surface area contributed by atoms with Crippen LogP contribution in [0.1, 0.15) is 0 Å². The van der Waals surface area contributed by atoms with Crippen LogP contribution in [0.4, 0.5) is 10.1 Å². The first-order chi connectivity index (χ1) is 10.7. The van der Waals surface area contributed by atoms with Gasteiger partial charge in [-0.3, -0.25) is 9.10 Å². The first-order valence-corrected chi connectivity index (χ1v) is 8.37. The largest absolute Gasteiger partial charge is 0.480 e. The molecule has 0 amide bonds. The smallest absolute Gasteiger partial charge is 0.324 e. The van der Waals surface area contributed by atoms with Crippen LogP contribution in [-0.4, -0.2) is 26.0 Å². The lowest BCUT2D eigenvalue weighted by atomic mass is 10.3. The van der Waals surface area contributed by atoms with Crippen LogP contribution >= 0.6 is 23.2 Å². The van der Waals surface area contributed by atoms with Gasteiger partial charge in [-0.05, 0) is 36.4 Å². The molecule has 122 valence electrons. The molecule has 0 saturated heterocycles. The number of halogens is 3. The zero-order valence-corrected chi connectivity index (χ0v) is 13.7. The lowest BCUT2D eigenvalue weighted by Crippen LogP contribution is -2.36. The van der Waals surface area contributed by atoms with Gasteiger partial charge < -0.3 is 5.11 Å².